The van der Waals surface area contributed by atoms with E-state index >= 15 is 0 Å². The predicted molar refractivity (Wildman–Crippen MR) is 202 cm³/mol. The number of fused-ring (bicyclic) bond motifs is 1. The number of phosphoric ester groups is 1. The van der Waals surface area contributed by atoms with Gasteiger partial charge in [-0.15, -0.1) is 0 Å². The molecule has 3 heterocycles. The highest BCUT2D eigenvalue weighted by atomic mass is 31.3. The number of nitrogens with one attached hydrogen (secondary N) is 2. The number of nitrogens with zero attached hydrogens (tertiary/aromatic N) is 6. The van der Waals surface area contributed by atoms with Crippen LogP contribution in [0.1, 0.15) is 54.3 Å². The number of ether oxygens (including phenoxy) is 4. The first-order valence-electron chi connectivity index (χ1n) is 17.6. The summed E-state index contributed by atoms with van der Waals surface area (Å²) in [5.41, 5.74) is 16.2. The average molecular weight is 888 g/mol. The van der Waals surface area contributed by atoms with Crippen molar-refractivity contribution in [3.05, 3.63) is 58.4 Å². The second-order valence-corrected chi connectivity index (χ2v) is 17.1. The molecule has 8 N–H and O–H groups in total. The van der Waals surface area contributed by atoms with Gasteiger partial charge in [0.05, 0.1) is 43.4 Å². The zero-order valence-electron chi connectivity index (χ0n) is 30.8. The van der Waals surface area contributed by atoms with Crippen molar-refractivity contribution >= 4 is 52.1 Å². The number of benzene rings is 1. The van der Waals surface area contributed by atoms with Crippen molar-refractivity contribution < 1.29 is 75.0 Å². The van der Waals surface area contributed by atoms with Crippen LogP contribution >= 0.6 is 23.5 Å². The molecule has 25 nitrogen and oxygen atoms in total. The lowest BCUT2D eigenvalue weighted by atomic mass is 9.93. The lowest BCUT2D eigenvalue weighted by Crippen LogP contribution is -2.39. The summed E-state index contributed by atoms with van der Waals surface area (Å²) in [6.07, 6.45) is 3.86. The Morgan fingerprint density at radius 3 is 2.63 bits per heavy atom. The Kier molecular flexibility index (Phi) is 16.0. The summed E-state index contributed by atoms with van der Waals surface area (Å²) in [7, 11) is -16.6. The molecular formula is C31H40N9O16P3. The minimum absolute atomic E-state index is 0.0193. The molecule has 0 spiro atoms. The summed E-state index contributed by atoms with van der Waals surface area (Å²) in [5.74, 6) is 5.53. The maximum atomic E-state index is 12.4. The van der Waals surface area contributed by atoms with E-state index in [2.05, 4.69) is 55.6 Å². The molecule has 320 valence electrons. The maximum absolute atomic E-state index is 12.4. The van der Waals surface area contributed by atoms with Crippen molar-refractivity contribution in [3.63, 3.8) is 0 Å². The number of azide groups is 1. The van der Waals surface area contributed by atoms with E-state index in [9.17, 15) is 33.1 Å². The van der Waals surface area contributed by atoms with Crippen LogP contribution in [0, 0.1) is 11.8 Å². The number of carbonyl (C=O) groups excluding carboxylic acids is 2. The van der Waals surface area contributed by atoms with Crippen LogP contribution in [-0.4, -0.2) is 104 Å². The van der Waals surface area contributed by atoms with Crippen LogP contribution in [0.5, 0.6) is 5.75 Å². The number of anilines is 1. The molecule has 3 unspecified atom stereocenters. The zero-order chi connectivity index (χ0) is 42.6. The van der Waals surface area contributed by atoms with E-state index in [0.29, 0.717) is 34.3 Å². The van der Waals surface area contributed by atoms with E-state index in [1.165, 1.54) is 6.33 Å². The van der Waals surface area contributed by atoms with Gasteiger partial charge in [0.2, 0.25) is 5.91 Å². The number of phosphoric acid groups is 3. The minimum Gasteiger partial charge on any atom is -0.491 e. The molecule has 1 aromatic carbocycles. The number of carbonyl (C=O) groups is 2. The van der Waals surface area contributed by atoms with Gasteiger partial charge < -0.3 is 59.5 Å². The van der Waals surface area contributed by atoms with E-state index < -0.39 is 54.5 Å². The third-order valence-corrected chi connectivity index (χ3v) is 12.2. The normalized spacial score (nSPS) is 19.3. The van der Waals surface area contributed by atoms with Crippen LogP contribution in [0.4, 0.5) is 5.82 Å². The van der Waals surface area contributed by atoms with E-state index in [1.807, 2.05) is 0 Å². The van der Waals surface area contributed by atoms with E-state index in [4.69, 9.17) is 40.0 Å². The summed E-state index contributed by atoms with van der Waals surface area (Å²) < 4.78 is 70.7. The fourth-order valence-electron chi connectivity index (χ4n) is 5.55. The van der Waals surface area contributed by atoms with Gasteiger partial charge in [-0.1, -0.05) is 23.0 Å². The zero-order valence-corrected chi connectivity index (χ0v) is 33.5. The molecule has 2 amide bonds. The SMILES string of the molecule is [N-]=[N+]=NC(COc1cccc(C(=O)NC2CCC2)c1)OCCOCC(=O)NCC#Cc1cn([C@H]2CC[C@@H](COP(=O)(O)OP(=O)(O)OP(=O)(O)O)O2)c2ncnc(N)c12. The van der Waals surface area contributed by atoms with Gasteiger partial charge in [-0.25, -0.2) is 23.7 Å². The summed E-state index contributed by atoms with van der Waals surface area (Å²) in [6, 6.07) is 6.78. The Hall–Kier alpha value is -4.46. The van der Waals surface area contributed by atoms with Crippen molar-refractivity contribution in [2.75, 3.05) is 45.3 Å². The quantitative estimate of drug-likeness (QED) is 0.0202. The van der Waals surface area contributed by atoms with Gasteiger partial charge >= 0.3 is 23.5 Å². The standard InChI is InChI=1S/C31H40N9O16P3/c32-29-28-21(15-40(30(28)36-19-35-29)27-10-9-24(54-27)16-53-58(46,47)56-59(48,49)55-57(43,44)45)5-3-11-34-25(41)17-50-12-13-51-26(38-39-33)18-52-23-8-1-4-20(14-23)31(42)37-22-6-2-7-22/h1,4,8,14-15,19,22,24,26-27H,2,6-7,9-13,16-18H2,(H,34,41)(H,37,42)(H,46,47)(H,48,49)(H2,32,35,36)(H2,43,44,45)/t24-,26?,27+/m0/s1. The molecule has 59 heavy (non-hydrogen) atoms. The van der Waals surface area contributed by atoms with E-state index in [0.717, 1.165) is 19.3 Å². The third-order valence-electron chi connectivity index (χ3n) is 8.35. The Morgan fingerprint density at radius 2 is 1.90 bits per heavy atom. The van der Waals surface area contributed by atoms with E-state index in [1.54, 1.807) is 35.0 Å². The molecular weight excluding hydrogens is 847 g/mol. The lowest BCUT2D eigenvalue weighted by Gasteiger charge is -2.26. The molecule has 2 aliphatic rings. The first-order chi connectivity index (χ1) is 28.0. The van der Waals surface area contributed by atoms with E-state index in [-0.39, 0.29) is 57.2 Å². The first kappa shape index (κ1) is 45.6. The highest BCUT2D eigenvalue weighted by molar-refractivity contribution is 7.66. The Balaban J connectivity index is 1.04. The molecule has 1 saturated heterocycles. The second-order valence-electron chi connectivity index (χ2n) is 12.7. The largest absolute Gasteiger partial charge is 0.491 e. The number of amides is 2. The van der Waals surface area contributed by atoms with Gasteiger partial charge in [0.1, 0.15) is 43.0 Å². The molecule has 2 aromatic heterocycles. The molecule has 5 rings (SSSR count). The molecule has 0 bridgehead atoms. The summed E-state index contributed by atoms with van der Waals surface area (Å²) in [4.78, 5) is 72.3. The maximum Gasteiger partial charge on any atom is 0.490 e. The van der Waals surface area contributed by atoms with Gasteiger partial charge in [0.15, 0.2) is 6.23 Å². The van der Waals surface area contributed by atoms with Crippen LogP contribution in [0.3, 0.4) is 0 Å². The third kappa shape index (κ3) is 14.4. The van der Waals surface area contributed by atoms with Crippen LogP contribution in [0.2, 0.25) is 0 Å². The molecule has 1 saturated carbocycles. The van der Waals surface area contributed by atoms with Gasteiger partial charge in [0.25, 0.3) is 5.91 Å². The molecule has 3 aromatic rings. The number of hydrogen-bond donors (Lipinski definition) is 7. The molecule has 5 atom stereocenters. The van der Waals surface area contributed by atoms with Crippen LogP contribution in [-0.2, 0) is 45.8 Å². The first-order valence-corrected chi connectivity index (χ1v) is 22.1. The Bertz CT molecular complexity index is 2240. The number of nitrogen functional groups attached to an aromatic ring is 1. The van der Waals surface area contributed by atoms with Crippen molar-refractivity contribution in [2.45, 2.75) is 56.7 Å². The Morgan fingerprint density at radius 1 is 1.10 bits per heavy atom. The number of rotatable bonds is 21. The summed E-state index contributed by atoms with van der Waals surface area (Å²) >= 11 is 0. The molecule has 1 aliphatic carbocycles. The average Bonchev–Trinajstić information content (AvgIpc) is 3.77. The minimum atomic E-state index is -5.67. The van der Waals surface area contributed by atoms with Gasteiger partial charge in [-0.3, -0.25) is 14.1 Å². The van der Waals surface area contributed by atoms with Crippen LogP contribution < -0.4 is 21.1 Å². The smallest absolute Gasteiger partial charge is 0.490 e. The van der Waals surface area contributed by atoms with Gasteiger partial charge in [0, 0.05) is 22.7 Å². The summed E-state index contributed by atoms with van der Waals surface area (Å²) in [5, 5.41) is 9.50. The predicted octanol–water partition coefficient (Wildman–Crippen LogP) is 2.53. The van der Waals surface area contributed by atoms with Crippen molar-refractivity contribution in [1.82, 2.24) is 25.2 Å². The lowest BCUT2D eigenvalue weighted by molar-refractivity contribution is -0.126. The molecule has 1 aliphatic heterocycles. The molecule has 0 radical (unpaired) electrons. The van der Waals surface area contributed by atoms with Crippen molar-refractivity contribution in [2.24, 2.45) is 5.11 Å². The van der Waals surface area contributed by atoms with Crippen LogP contribution in [0.25, 0.3) is 21.5 Å². The molecule has 28 heteroatoms. The van der Waals surface area contributed by atoms with Crippen molar-refractivity contribution in [3.8, 4) is 17.6 Å². The topological polar surface area (TPSA) is 360 Å². The number of hydrogen-bond acceptors (Lipinski definition) is 16. The summed E-state index contributed by atoms with van der Waals surface area (Å²) in [6.45, 7) is -1.22. The highest BCUT2D eigenvalue weighted by Crippen LogP contribution is 2.66. The van der Waals surface area contributed by atoms with Gasteiger partial charge in [-0.2, -0.15) is 8.62 Å². The fourth-order valence-corrected chi connectivity index (χ4v) is 8.60. The van der Waals surface area contributed by atoms with Crippen molar-refractivity contribution in [1.29, 1.82) is 0 Å². The number of nitrogens with two attached hydrogens (primary N) is 1. The highest BCUT2D eigenvalue weighted by Gasteiger charge is 2.41. The Labute approximate surface area is 334 Å². The fraction of sp³-hybridized carbons (Fsp3) is 0.484. The van der Waals surface area contributed by atoms with Gasteiger partial charge in [-0.05, 0) is 55.8 Å². The van der Waals surface area contributed by atoms with Crippen LogP contribution in [0.15, 0.2) is 41.9 Å². The monoisotopic (exact) mass is 887 g/mol. The second kappa shape index (κ2) is 20.7. The number of aromatic nitrogens is 3. The molecule has 2 fully saturated rings.